The standard InChI is InChI=1S/C25H32N2O3/c1-28-22-8-7-17-12-19(6-5-18(17)13-22)25(26-29-2)20-4-3-11-27(16-20)21-14-23-9-10-24(15-21)30-23/h5-8,12-13,20-21,23-24H,3-4,9-11,14-16H2,1-2H3/b26-25-. The van der Waals surface area contributed by atoms with E-state index in [1.165, 1.54) is 49.4 Å². The number of piperidine rings is 1. The second-order valence-electron chi connectivity index (χ2n) is 9.00. The molecule has 0 spiro atoms. The first-order valence-corrected chi connectivity index (χ1v) is 11.3. The molecule has 3 aliphatic rings. The zero-order valence-corrected chi connectivity index (χ0v) is 18.0. The second-order valence-corrected chi connectivity index (χ2v) is 9.00. The largest absolute Gasteiger partial charge is 0.497 e. The third kappa shape index (κ3) is 3.93. The summed E-state index contributed by atoms with van der Waals surface area (Å²) in [6, 6.07) is 13.4. The zero-order chi connectivity index (χ0) is 20.5. The molecule has 3 aliphatic heterocycles. The topological polar surface area (TPSA) is 43.3 Å². The van der Waals surface area contributed by atoms with Crippen LogP contribution in [0, 0.1) is 5.92 Å². The molecule has 3 saturated heterocycles. The van der Waals surface area contributed by atoms with Gasteiger partial charge in [0.1, 0.15) is 12.9 Å². The summed E-state index contributed by atoms with van der Waals surface area (Å²) in [4.78, 5) is 8.02. The van der Waals surface area contributed by atoms with Crippen molar-refractivity contribution in [1.82, 2.24) is 4.90 Å². The van der Waals surface area contributed by atoms with Crippen LogP contribution in [0.15, 0.2) is 41.6 Å². The smallest absolute Gasteiger partial charge is 0.119 e. The molecule has 0 aromatic heterocycles. The van der Waals surface area contributed by atoms with Gasteiger partial charge in [-0.1, -0.05) is 23.4 Å². The van der Waals surface area contributed by atoms with Gasteiger partial charge >= 0.3 is 0 Å². The Labute approximate surface area is 179 Å². The van der Waals surface area contributed by atoms with Gasteiger partial charge in [0, 0.05) is 24.1 Å². The monoisotopic (exact) mass is 408 g/mol. The summed E-state index contributed by atoms with van der Waals surface area (Å²) in [5.74, 6) is 1.28. The molecule has 5 nitrogen and oxygen atoms in total. The number of fused-ring (bicyclic) bond motifs is 3. The molecule has 5 heteroatoms. The highest BCUT2D eigenvalue weighted by atomic mass is 16.6. The molecule has 5 rings (SSSR count). The molecular formula is C25H32N2O3. The number of oxime groups is 1. The molecule has 0 saturated carbocycles. The molecule has 2 bridgehead atoms. The van der Waals surface area contributed by atoms with Crippen molar-refractivity contribution in [3.63, 3.8) is 0 Å². The predicted octanol–water partition coefficient (Wildman–Crippen LogP) is 4.62. The van der Waals surface area contributed by atoms with E-state index in [2.05, 4.69) is 40.4 Å². The number of ether oxygens (including phenoxy) is 2. The van der Waals surface area contributed by atoms with Crippen LogP contribution >= 0.6 is 0 Å². The van der Waals surface area contributed by atoms with Crippen molar-refractivity contribution in [1.29, 1.82) is 0 Å². The molecule has 2 aromatic carbocycles. The molecule has 3 unspecified atom stereocenters. The first-order valence-electron chi connectivity index (χ1n) is 11.3. The van der Waals surface area contributed by atoms with Crippen molar-refractivity contribution in [2.24, 2.45) is 11.1 Å². The third-order valence-corrected chi connectivity index (χ3v) is 7.15. The van der Waals surface area contributed by atoms with Crippen LogP contribution in [0.4, 0.5) is 0 Å². The van der Waals surface area contributed by atoms with Gasteiger partial charge in [0.05, 0.1) is 25.0 Å². The van der Waals surface area contributed by atoms with Gasteiger partial charge in [0.25, 0.3) is 0 Å². The summed E-state index contributed by atoms with van der Waals surface area (Å²) in [6.45, 7) is 2.26. The van der Waals surface area contributed by atoms with Crippen LogP contribution in [-0.4, -0.2) is 56.2 Å². The average molecular weight is 409 g/mol. The predicted molar refractivity (Wildman–Crippen MR) is 119 cm³/mol. The van der Waals surface area contributed by atoms with E-state index >= 15 is 0 Å². The van der Waals surface area contributed by atoms with Crippen molar-refractivity contribution in [2.75, 3.05) is 27.3 Å². The summed E-state index contributed by atoms with van der Waals surface area (Å²) >= 11 is 0. The van der Waals surface area contributed by atoms with Gasteiger partial charge in [0.15, 0.2) is 0 Å². The fourth-order valence-corrected chi connectivity index (χ4v) is 5.66. The Kier molecular flexibility index (Phi) is 5.66. The lowest BCUT2D eigenvalue weighted by Crippen LogP contribution is -2.48. The van der Waals surface area contributed by atoms with E-state index in [0.717, 1.165) is 30.0 Å². The van der Waals surface area contributed by atoms with Crippen molar-refractivity contribution in [3.8, 4) is 5.75 Å². The maximum atomic E-state index is 6.08. The lowest BCUT2D eigenvalue weighted by atomic mass is 9.87. The van der Waals surface area contributed by atoms with Gasteiger partial charge in [0.2, 0.25) is 0 Å². The first kappa shape index (κ1) is 19.8. The molecule has 30 heavy (non-hydrogen) atoms. The molecule has 3 heterocycles. The fourth-order valence-electron chi connectivity index (χ4n) is 5.66. The Morgan fingerprint density at radius 3 is 2.53 bits per heavy atom. The maximum absolute atomic E-state index is 6.08. The molecule has 0 aliphatic carbocycles. The molecule has 3 atom stereocenters. The molecule has 0 radical (unpaired) electrons. The van der Waals surface area contributed by atoms with Crippen LogP contribution in [-0.2, 0) is 9.57 Å². The third-order valence-electron chi connectivity index (χ3n) is 7.15. The Balaban J connectivity index is 1.37. The number of methoxy groups -OCH3 is 1. The van der Waals surface area contributed by atoms with Crippen molar-refractivity contribution >= 4 is 16.5 Å². The molecule has 3 fully saturated rings. The molecule has 2 aromatic rings. The molecular weight excluding hydrogens is 376 g/mol. The van der Waals surface area contributed by atoms with Crippen LogP contribution in [0.25, 0.3) is 10.8 Å². The van der Waals surface area contributed by atoms with Gasteiger partial charge in [-0.25, -0.2) is 0 Å². The van der Waals surface area contributed by atoms with E-state index in [-0.39, 0.29) is 0 Å². The van der Waals surface area contributed by atoms with Gasteiger partial charge in [-0.15, -0.1) is 0 Å². The Hall–Kier alpha value is -2.11. The highest BCUT2D eigenvalue weighted by molar-refractivity contribution is 6.04. The molecule has 160 valence electrons. The van der Waals surface area contributed by atoms with Crippen LogP contribution in [0.5, 0.6) is 5.75 Å². The highest BCUT2D eigenvalue weighted by Crippen LogP contribution is 2.36. The number of nitrogens with zero attached hydrogens (tertiary/aromatic N) is 2. The van der Waals surface area contributed by atoms with Gasteiger partial charge < -0.3 is 14.3 Å². The van der Waals surface area contributed by atoms with Crippen molar-refractivity contribution < 1.29 is 14.3 Å². The van der Waals surface area contributed by atoms with E-state index in [9.17, 15) is 0 Å². The Morgan fingerprint density at radius 2 is 1.77 bits per heavy atom. The summed E-state index contributed by atoms with van der Waals surface area (Å²) in [6.07, 6.45) is 8.22. The minimum Gasteiger partial charge on any atom is -0.497 e. The van der Waals surface area contributed by atoms with Gasteiger partial charge in [-0.3, -0.25) is 4.90 Å². The quantitative estimate of drug-likeness (QED) is 0.535. The Bertz CT molecular complexity index is 916. The minimum absolute atomic E-state index is 0.398. The second kappa shape index (κ2) is 8.56. The molecule has 0 N–H and O–H groups in total. The average Bonchev–Trinajstić information content (AvgIpc) is 3.14. The summed E-state index contributed by atoms with van der Waals surface area (Å²) < 4.78 is 11.4. The minimum atomic E-state index is 0.398. The summed E-state index contributed by atoms with van der Waals surface area (Å²) in [7, 11) is 3.36. The number of benzene rings is 2. The van der Waals surface area contributed by atoms with Crippen LogP contribution in [0.3, 0.4) is 0 Å². The van der Waals surface area contributed by atoms with Crippen LogP contribution in [0.2, 0.25) is 0 Å². The first-order chi connectivity index (χ1) is 14.7. The molecule has 0 amide bonds. The number of hydrogen-bond donors (Lipinski definition) is 0. The number of rotatable bonds is 5. The van der Waals surface area contributed by atoms with Gasteiger partial charge in [-0.05, 0) is 74.0 Å². The lowest BCUT2D eigenvalue weighted by Gasteiger charge is -2.41. The van der Waals surface area contributed by atoms with Crippen LogP contribution < -0.4 is 4.74 Å². The highest BCUT2D eigenvalue weighted by Gasteiger charge is 2.39. The van der Waals surface area contributed by atoms with Crippen molar-refractivity contribution in [2.45, 2.75) is 56.8 Å². The fraction of sp³-hybridized carbons (Fsp3) is 0.560. The lowest BCUT2D eigenvalue weighted by molar-refractivity contribution is -0.0417. The number of likely N-dealkylation sites (tertiary alicyclic amines) is 1. The van der Waals surface area contributed by atoms with E-state index in [1.54, 1.807) is 14.2 Å². The Morgan fingerprint density at radius 1 is 1.00 bits per heavy atom. The normalized spacial score (nSPS) is 29.9. The number of hydrogen-bond acceptors (Lipinski definition) is 5. The van der Waals surface area contributed by atoms with E-state index < -0.39 is 0 Å². The van der Waals surface area contributed by atoms with E-state index in [4.69, 9.17) is 14.3 Å². The maximum Gasteiger partial charge on any atom is 0.119 e. The summed E-state index contributed by atoms with van der Waals surface area (Å²) in [5, 5.41) is 6.90. The summed E-state index contributed by atoms with van der Waals surface area (Å²) in [5.41, 5.74) is 2.24. The zero-order valence-electron chi connectivity index (χ0n) is 18.0. The van der Waals surface area contributed by atoms with E-state index in [0.29, 0.717) is 24.2 Å². The van der Waals surface area contributed by atoms with Crippen molar-refractivity contribution in [3.05, 3.63) is 42.0 Å². The van der Waals surface area contributed by atoms with E-state index in [1.807, 2.05) is 6.07 Å². The van der Waals surface area contributed by atoms with Crippen LogP contribution in [0.1, 0.15) is 44.1 Å². The van der Waals surface area contributed by atoms with Gasteiger partial charge in [-0.2, -0.15) is 0 Å². The SMILES string of the molecule is CO/N=C(/c1ccc2cc(OC)ccc2c1)C1CCCN(C2CC3CCC(C2)O3)C1.